The van der Waals surface area contributed by atoms with E-state index in [9.17, 15) is 4.21 Å². The first kappa shape index (κ1) is 16.4. The lowest BCUT2D eigenvalue weighted by Crippen LogP contribution is -2.53. The fraction of sp³-hybridized carbons (Fsp3) is 0.526. The molecule has 0 spiro atoms. The molecule has 1 unspecified atom stereocenters. The molecule has 2 heterocycles. The number of rotatable bonds is 4. The Balaban J connectivity index is 2.07. The van der Waals surface area contributed by atoms with Gasteiger partial charge < -0.3 is 4.90 Å². The molecule has 0 N–H and O–H groups in total. The monoisotopic (exact) mass is 330 g/mol. The van der Waals surface area contributed by atoms with E-state index >= 15 is 0 Å². The zero-order chi connectivity index (χ0) is 16.4. The standard InChI is InChI=1S/C19H26N2OS/c1-4-15-13-18(16-9-7-8-10-17(16)20-15)21-11-12-23(22)19(5-2,6-3)14-21/h7-10,13H,4-6,11-12,14H2,1-3H3. The summed E-state index contributed by atoms with van der Waals surface area (Å²) >= 11 is 0. The predicted octanol–water partition coefficient (Wildman–Crippen LogP) is 3.92. The maximum atomic E-state index is 12.6. The van der Waals surface area contributed by atoms with Crippen LogP contribution in [0.3, 0.4) is 0 Å². The van der Waals surface area contributed by atoms with Gasteiger partial charge in [-0.15, -0.1) is 0 Å². The van der Waals surface area contributed by atoms with E-state index in [1.165, 1.54) is 11.1 Å². The smallest absolute Gasteiger partial charge is 0.0726 e. The van der Waals surface area contributed by atoms with Crippen molar-refractivity contribution in [3.63, 3.8) is 0 Å². The number of fused-ring (bicyclic) bond motifs is 1. The molecule has 2 aromatic rings. The van der Waals surface area contributed by atoms with E-state index in [-0.39, 0.29) is 4.75 Å². The summed E-state index contributed by atoms with van der Waals surface area (Å²) in [5.41, 5.74) is 3.45. The molecule has 23 heavy (non-hydrogen) atoms. The van der Waals surface area contributed by atoms with E-state index in [4.69, 9.17) is 4.98 Å². The number of nitrogens with zero attached hydrogens (tertiary/aromatic N) is 2. The molecule has 0 amide bonds. The predicted molar refractivity (Wildman–Crippen MR) is 99.7 cm³/mol. The Labute approximate surface area is 141 Å². The zero-order valence-electron chi connectivity index (χ0n) is 14.3. The lowest BCUT2D eigenvalue weighted by Gasteiger charge is -2.42. The highest BCUT2D eigenvalue weighted by atomic mass is 32.2. The van der Waals surface area contributed by atoms with Gasteiger partial charge in [-0.2, -0.15) is 0 Å². The van der Waals surface area contributed by atoms with E-state index in [1.807, 2.05) is 6.07 Å². The maximum Gasteiger partial charge on any atom is 0.0726 e. The topological polar surface area (TPSA) is 33.2 Å². The average molecular weight is 330 g/mol. The first-order valence-corrected chi connectivity index (χ1v) is 9.97. The van der Waals surface area contributed by atoms with Gasteiger partial charge in [-0.3, -0.25) is 9.19 Å². The Hall–Kier alpha value is -1.42. The zero-order valence-corrected chi connectivity index (χ0v) is 15.2. The number of aromatic nitrogens is 1. The van der Waals surface area contributed by atoms with Crippen molar-refractivity contribution in [1.29, 1.82) is 0 Å². The third-order valence-corrected chi connectivity index (χ3v) is 7.47. The summed E-state index contributed by atoms with van der Waals surface area (Å²) in [6.45, 7) is 8.24. The number of pyridine rings is 1. The maximum absolute atomic E-state index is 12.6. The van der Waals surface area contributed by atoms with E-state index in [0.29, 0.717) is 0 Å². The Bertz CT molecular complexity index is 724. The van der Waals surface area contributed by atoms with Crippen molar-refractivity contribution in [3.8, 4) is 0 Å². The number of aryl methyl sites for hydroxylation is 1. The summed E-state index contributed by atoms with van der Waals surface area (Å²) in [6, 6.07) is 10.6. The van der Waals surface area contributed by atoms with Crippen LogP contribution in [0.15, 0.2) is 30.3 Å². The Morgan fingerprint density at radius 3 is 2.65 bits per heavy atom. The second-order valence-electron chi connectivity index (χ2n) is 6.36. The molecule has 0 radical (unpaired) electrons. The molecule has 1 fully saturated rings. The Morgan fingerprint density at radius 2 is 1.96 bits per heavy atom. The number of anilines is 1. The highest BCUT2D eigenvalue weighted by Crippen LogP contribution is 2.34. The number of hydrogen-bond acceptors (Lipinski definition) is 3. The van der Waals surface area contributed by atoms with Crippen molar-refractivity contribution in [2.24, 2.45) is 0 Å². The number of hydrogen-bond donors (Lipinski definition) is 0. The van der Waals surface area contributed by atoms with Gasteiger partial charge in [-0.25, -0.2) is 0 Å². The van der Waals surface area contributed by atoms with Crippen LogP contribution in [0.2, 0.25) is 0 Å². The SMILES string of the molecule is CCc1cc(N2CCS(=O)C(CC)(CC)C2)c2ccccc2n1. The van der Waals surface area contributed by atoms with E-state index in [1.54, 1.807) is 0 Å². The van der Waals surface area contributed by atoms with E-state index < -0.39 is 10.8 Å². The molecule has 1 aromatic heterocycles. The van der Waals surface area contributed by atoms with Crippen molar-refractivity contribution < 1.29 is 4.21 Å². The van der Waals surface area contributed by atoms with Crippen LogP contribution < -0.4 is 4.90 Å². The van der Waals surface area contributed by atoms with Gasteiger partial charge in [0.15, 0.2) is 0 Å². The third-order valence-electron chi connectivity index (χ3n) is 5.25. The lowest BCUT2D eigenvalue weighted by atomic mass is 10.00. The van der Waals surface area contributed by atoms with Gasteiger partial charge in [-0.05, 0) is 31.4 Å². The minimum absolute atomic E-state index is 0.0744. The van der Waals surface area contributed by atoms with Gasteiger partial charge in [-0.1, -0.05) is 39.0 Å². The van der Waals surface area contributed by atoms with Gasteiger partial charge in [0.2, 0.25) is 0 Å². The summed E-state index contributed by atoms with van der Waals surface area (Å²) in [6.07, 6.45) is 2.87. The van der Waals surface area contributed by atoms with Gasteiger partial charge in [0.1, 0.15) is 0 Å². The van der Waals surface area contributed by atoms with Gasteiger partial charge >= 0.3 is 0 Å². The van der Waals surface area contributed by atoms with Crippen LogP contribution in [0.25, 0.3) is 10.9 Å². The number of para-hydroxylation sites is 1. The Morgan fingerprint density at radius 1 is 1.22 bits per heavy atom. The van der Waals surface area contributed by atoms with Crippen LogP contribution in [0.5, 0.6) is 0 Å². The first-order chi connectivity index (χ1) is 11.1. The Kier molecular flexibility index (Phi) is 4.72. The molecule has 1 aliphatic heterocycles. The molecule has 0 aliphatic carbocycles. The molecule has 1 atom stereocenters. The third kappa shape index (κ3) is 2.89. The lowest BCUT2D eigenvalue weighted by molar-refractivity contribution is 0.496. The molecule has 3 nitrogen and oxygen atoms in total. The second-order valence-corrected chi connectivity index (χ2v) is 8.33. The van der Waals surface area contributed by atoms with Crippen molar-refractivity contribution >= 4 is 27.4 Å². The molecule has 1 aromatic carbocycles. The van der Waals surface area contributed by atoms with Crippen molar-refractivity contribution in [3.05, 3.63) is 36.0 Å². The summed E-state index contributed by atoms with van der Waals surface area (Å²) in [5, 5.41) is 1.21. The summed E-state index contributed by atoms with van der Waals surface area (Å²) in [4.78, 5) is 7.20. The largest absolute Gasteiger partial charge is 0.369 e. The molecular weight excluding hydrogens is 304 g/mol. The van der Waals surface area contributed by atoms with Crippen molar-refractivity contribution in [1.82, 2.24) is 4.98 Å². The van der Waals surface area contributed by atoms with Gasteiger partial charge in [0, 0.05) is 46.4 Å². The van der Waals surface area contributed by atoms with E-state index in [2.05, 4.69) is 49.9 Å². The quantitative estimate of drug-likeness (QED) is 0.852. The second kappa shape index (κ2) is 6.60. The highest BCUT2D eigenvalue weighted by molar-refractivity contribution is 7.86. The molecule has 4 heteroatoms. The normalized spacial score (nSPS) is 20.8. The molecule has 3 rings (SSSR count). The van der Waals surface area contributed by atoms with Crippen molar-refractivity contribution in [2.45, 2.75) is 44.8 Å². The van der Waals surface area contributed by atoms with Crippen molar-refractivity contribution in [2.75, 3.05) is 23.7 Å². The van der Waals surface area contributed by atoms with Gasteiger partial charge in [0.25, 0.3) is 0 Å². The van der Waals surface area contributed by atoms with Crippen LogP contribution in [0, 0.1) is 0 Å². The molecule has 1 saturated heterocycles. The highest BCUT2D eigenvalue weighted by Gasteiger charge is 2.39. The molecule has 0 saturated carbocycles. The van der Waals surface area contributed by atoms with Crippen LogP contribution in [0.1, 0.15) is 39.3 Å². The average Bonchev–Trinajstić information content (AvgIpc) is 2.61. The molecule has 124 valence electrons. The van der Waals surface area contributed by atoms with Crippen LogP contribution in [-0.4, -0.2) is 32.8 Å². The summed E-state index contributed by atoms with van der Waals surface area (Å²) in [5.74, 6) is 0.764. The molecule has 1 aliphatic rings. The van der Waals surface area contributed by atoms with Crippen LogP contribution >= 0.6 is 0 Å². The minimum Gasteiger partial charge on any atom is -0.369 e. The minimum atomic E-state index is -0.729. The molecular formula is C19H26N2OS. The van der Waals surface area contributed by atoms with Crippen LogP contribution in [-0.2, 0) is 17.2 Å². The number of benzene rings is 1. The fourth-order valence-corrected chi connectivity index (χ4v) is 5.33. The van der Waals surface area contributed by atoms with E-state index in [0.717, 1.165) is 49.3 Å². The fourth-order valence-electron chi connectivity index (χ4n) is 3.56. The first-order valence-electron chi connectivity index (χ1n) is 8.65. The van der Waals surface area contributed by atoms with Crippen LogP contribution in [0.4, 0.5) is 5.69 Å². The summed E-state index contributed by atoms with van der Waals surface area (Å²) < 4.78 is 12.5. The van der Waals surface area contributed by atoms with Gasteiger partial charge in [0.05, 0.1) is 10.3 Å². The summed E-state index contributed by atoms with van der Waals surface area (Å²) in [7, 11) is -0.729. The molecule has 0 bridgehead atoms.